The second-order valence-electron chi connectivity index (χ2n) is 5.75. The number of halogens is 1. The highest BCUT2D eigenvalue weighted by atomic mass is 35.5. The molecule has 27 heavy (non-hydrogen) atoms. The van der Waals surface area contributed by atoms with Crippen molar-refractivity contribution in [2.75, 3.05) is 17.2 Å². The van der Waals surface area contributed by atoms with Gasteiger partial charge in [0.25, 0.3) is 0 Å². The number of carbonyl (C=O) groups is 1. The zero-order chi connectivity index (χ0) is 19.2. The molecule has 0 spiro atoms. The van der Waals surface area contributed by atoms with Crippen LogP contribution in [0.2, 0.25) is 5.02 Å². The summed E-state index contributed by atoms with van der Waals surface area (Å²) in [6, 6.07) is 16.2. The van der Waals surface area contributed by atoms with Crippen molar-refractivity contribution in [3.05, 3.63) is 70.9 Å². The first kappa shape index (κ1) is 18.7. The number of rotatable bonds is 6. The number of nitrogens with zero attached hydrogens (tertiary/aromatic N) is 2. The lowest BCUT2D eigenvalue weighted by molar-refractivity contribution is 0.0526. The fourth-order valence-electron chi connectivity index (χ4n) is 2.42. The van der Waals surface area contributed by atoms with Crippen molar-refractivity contribution in [2.45, 2.75) is 13.8 Å². The number of nitrogens with one attached hydrogen (secondary N) is 2. The second-order valence-corrected chi connectivity index (χ2v) is 6.15. The fraction of sp³-hybridized carbons (Fsp3) is 0.150. The summed E-state index contributed by atoms with van der Waals surface area (Å²) in [4.78, 5) is 20.6. The maximum Gasteiger partial charge on any atom is 0.338 e. The van der Waals surface area contributed by atoms with Gasteiger partial charge < -0.3 is 15.4 Å². The molecular formula is C20H19ClN4O2. The maximum absolute atomic E-state index is 11.7. The average Bonchev–Trinajstić information content (AvgIpc) is 2.64. The van der Waals surface area contributed by atoms with Crippen LogP contribution >= 0.6 is 11.6 Å². The molecule has 0 fully saturated rings. The Labute approximate surface area is 162 Å². The number of hydrogen-bond acceptors (Lipinski definition) is 6. The van der Waals surface area contributed by atoms with Crippen molar-refractivity contribution in [1.29, 1.82) is 0 Å². The van der Waals surface area contributed by atoms with Crippen molar-refractivity contribution < 1.29 is 9.53 Å². The molecule has 0 amide bonds. The number of hydrogen-bond donors (Lipinski definition) is 2. The van der Waals surface area contributed by atoms with Crippen molar-refractivity contribution >= 4 is 40.7 Å². The van der Waals surface area contributed by atoms with Gasteiger partial charge in [-0.15, -0.1) is 0 Å². The quantitative estimate of drug-likeness (QED) is 0.577. The SMILES string of the molecule is CCOC(=O)c1ccc(Nc2nc(C)cc(Nc3ccccc3Cl)n2)cc1. The number of benzene rings is 2. The Kier molecular flexibility index (Phi) is 5.88. The normalized spacial score (nSPS) is 10.3. The number of carbonyl (C=O) groups excluding carboxylic acids is 1. The number of aromatic nitrogens is 2. The summed E-state index contributed by atoms with van der Waals surface area (Å²) < 4.78 is 4.98. The molecule has 3 aromatic rings. The van der Waals surface area contributed by atoms with Crippen molar-refractivity contribution in [3.63, 3.8) is 0 Å². The van der Waals surface area contributed by atoms with E-state index >= 15 is 0 Å². The molecule has 0 saturated heterocycles. The lowest BCUT2D eigenvalue weighted by Gasteiger charge is -2.11. The number of ether oxygens (including phenoxy) is 1. The van der Waals surface area contributed by atoms with Gasteiger partial charge in [-0.05, 0) is 50.2 Å². The molecule has 0 unspecified atom stereocenters. The first-order valence-electron chi connectivity index (χ1n) is 8.46. The number of esters is 1. The van der Waals surface area contributed by atoms with Gasteiger partial charge in [0.05, 0.1) is 22.9 Å². The third-order valence-electron chi connectivity index (χ3n) is 3.64. The zero-order valence-electron chi connectivity index (χ0n) is 15.0. The van der Waals surface area contributed by atoms with Crippen molar-refractivity contribution in [3.8, 4) is 0 Å². The smallest absolute Gasteiger partial charge is 0.338 e. The molecule has 0 aliphatic rings. The molecule has 6 nitrogen and oxygen atoms in total. The van der Waals surface area contributed by atoms with Gasteiger partial charge in [0.2, 0.25) is 5.95 Å². The Morgan fingerprint density at radius 2 is 1.81 bits per heavy atom. The molecule has 2 aromatic carbocycles. The van der Waals surface area contributed by atoms with Crippen LogP contribution in [0.15, 0.2) is 54.6 Å². The van der Waals surface area contributed by atoms with E-state index < -0.39 is 0 Å². The second kappa shape index (κ2) is 8.51. The van der Waals surface area contributed by atoms with E-state index in [-0.39, 0.29) is 5.97 Å². The minimum Gasteiger partial charge on any atom is -0.462 e. The fourth-order valence-corrected chi connectivity index (χ4v) is 2.61. The molecule has 2 N–H and O–H groups in total. The summed E-state index contributed by atoms with van der Waals surface area (Å²) in [5.41, 5.74) is 2.82. The van der Waals surface area contributed by atoms with E-state index in [9.17, 15) is 4.79 Å². The Morgan fingerprint density at radius 3 is 2.52 bits per heavy atom. The molecule has 1 heterocycles. The van der Waals surface area contributed by atoms with Gasteiger partial charge in [0, 0.05) is 17.4 Å². The molecule has 3 rings (SSSR count). The van der Waals surface area contributed by atoms with Crippen LogP contribution in [-0.4, -0.2) is 22.5 Å². The highest BCUT2D eigenvalue weighted by Gasteiger charge is 2.08. The van der Waals surface area contributed by atoms with Crippen molar-refractivity contribution in [2.24, 2.45) is 0 Å². The van der Waals surface area contributed by atoms with Crippen LogP contribution in [0.1, 0.15) is 23.0 Å². The van der Waals surface area contributed by atoms with E-state index in [2.05, 4.69) is 20.6 Å². The number of aryl methyl sites for hydroxylation is 1. The summed E-state index contributed by atoms with van der Waals surface area (Å²) in [6.07, 6.45) is 0. The predicted molar refractivity (Wildman–Crippen MR) is 107 cm³/mol. The highest BCUT2D eigenvalue weighted by Crippen LogP contribution is 2.25. The Morgan fingerprint density at radius 1 is 1.07 bits per heavy atom. The largest absolute Gasteiger partial charge is 0.462 e. The Hall–Kier alpha value is -3.12. The topological polar surface area (TPSA) is 76.1 Å². The van der Waals surface area contributed by atoms with Crippen LogP contribution in [0.25, 0.3) is 0 Å². The Balaban J connectivity index is 1.76. The zero-order valence-corrected chi connectivity index (χ0v) is 15.7. The van der Waals surface area contributed by atoms with Crippen LogP contribution in [0.3, 0.4) is 0 Å². The lowest BCUT2D eigenvalue weighted by Crippen LogP contribution is -2.05. The summed E-state index contributed by atoms with van der Waals surface area (Å²) in [7, 11) is 0. The van der Waals surface area contributed by atoms with Crippen LogP contribution in [0, 0.1) is 6.92 Å². The molecule has 1 aromatic heterocycles. The summed E-state index contributed by atoms with van der Waals surface area (Å²) in [5.74, 6) is 0.719. The monoisotopic (exact) mass is 382 g/mol. The standard InChI is InChI=1S/C20H19ClN4O2/c1-3-27-19(26)14-8-10-15(11-9-14)23-20-22-13(2)12-18(25-20)24-17-7-5-4-6-16(17)21/h4-12H,3H2,1-2H3,(H2,22,23,24,25). The van der Waals surface area contributed by atoms with E-state index in [1.165, 1.54) is 0 Å². The van der Waals surface area contributed by atoms with Gasteiger partial charge >= 0.3 is 5.97 Å². The Bertz CT molecular complexity index is 945. The molecule has 0 bridgehead atoms. The van der Waals surface area contributed by atoms with E-state index in [4.69, 9.17) is 16.3 Å². The van der Waals surface area contributed by atoms with E-state index in [1.807, 2.05) is 37.3 Å². The molecule has 0 atom stereocenters. The van der Waals surface area contributed by atoms with Gasteiger partial charge in [-0.1, -0.05) is 23.7 Å². The molecule has 0 aliphatic heterocycles. The molecule has 0 radical (unpaired) electrons. The van der Waals surface area contributed by atoms with Gasteiger partial charge in [-0.25, -0.2) is 9.78 Å². The number of para-hydroxylation sites is 1. The van der Waals surface area contributed by atoms with E-state index in [1.54, 1.807) is 31.2 Å². The summed E-state index contributed by atoms with van der Waals surface area (Å²) in [5, 5.41) is 6.94. The lowest BCUT2D eigenvalue weighted by atomic mass is 10.2. The summed E-state index contributed by atoms with van der Waals surface area (Å²) in [6.45, 7) is 4.00. The van der Waals surface area contributed by atoms with E-state index in [0.29, 0.717) is 29.0 Å². The average molecular weight is 383 g/mol. The summed E-state index contributed by atoms with van der Waals surface area (Å²) >= 11 is 6.19. The van der Waals surface area contributed by atoms with Gasteiger partial charge in [0.15, 0.2) is 0 Å². The van der Waals surface area contributed by atoms with Crippen molar-refractivity contribution in [1.82, 2.24) is 9.97 Å². The maximum atomic E-state index is 11.7. The third kappa shape index (κ3) is 4.95. The van der Waals surface area contributed by atoms with Crippen LogP contribution in [0.5, 0.6) is 0 Å². The first-order valence-corrected chi connectivity index (χ1v) is 8.84. The molecule has 0 aliphatic carbocycles. The molecule has 138 valence electrons. The molecule has 0 saturated carbocycles. The van der Waals surface area contributed by atoms with E-state index in [0.717, 1.165) is 17.1 Å². The van der Waals surface area contributed by atoms with Gasteiger partial charge in [0.1, 0.15) is 5.82 Å². The van der Waals surface area contributed by atoms with Crippen LogP contribution < -0.4 is 10.6 Å². The third-order valence-corrected chi connectivity index (χ3v) is 3.97. The molecular weight excluding hydrogens is 364 g/mol. The minimum atomic E-state index is -0.345. The predicted octanol–water partition coefficient (Wildman–Crippen LogP) is 5.10. The van der Waals surface area contributed by atoms with Crippen LogP contribution in [0.4, 0.5) is 23.1 Å². The number of anilines is 4. The molecule has 7 heteroatoms. The first-order chi connectivity index (χ1) is 13.0. The minimum absolute atomic E-state index is 0.344. The van der Waals surface area contributed by atoms with Gasteiger partial charge in [-0.2, -0.15) is 4.98 Å². The highest BCUT2D eigenvalue weighted by molar-refractivity contribution is 6.33. The van der Waals surface area contributed by atoms with Gasteiger partial charge in [-0.3, -0.25) is 0 Å². The van der Waals surface area contributed by atoms with Crippen LogP contribution in [-0.2, 0) is 4.74 Å².